The second-order valence-corrected chi connectivity index (χ2v) is 6.70. The average Bonchev–Trinajstić information content (AvgIpc) is 3.26. The van der Waals surface area contributed by atoms with Crippen LogP contribution in [0, 0.1) is 0 Å². The molecule has 1 aliphatic heterocycles. The van der Waals surface area contributed by atoms with Crippen molar-refractivity contribution in [3.8, 4) is 0 Å². The Morgan fingerprint density at radius 2 is 1.86 bits per heavy atom. The van der Waals surface area contributed by atoms with Gasteiger partial charge in [-0.15, -0.1) is 0 Å². The first kappa shape index (κ1) is 19.6. The van der Waals surface area contributed by atoms with Gasteiger partial charge in [-0.25, -0.2) is 0 Å². The van der Waals surface area contributed by atoms with Gasteiger partial charge in [-0.3, -0.25) is 19.4 Å². The van der Waals surface area contributed by atoms with Crippen molar-refractivity contribution in [3.05, 3.63) is 54.2 Å². The number of carbonyl (C=O) groups is 3. The Morgan fingerprint density at radius 3 is 2.46 bits per heavy atom. The molecule has 3 amide bonds. The molecular formula is C20H24N4O4. The van der Waals surface area contributed by atoms with Crippen LogP contribution in [0.2, 0.25) is 0 Å². The van der Waals surface area contributed by atoms with Gasteiger partial charge in [0.2, 0.25) is 11.8 Å². The van der Waals surface area contributed by atoms with Crippen LogP contribution in [0.4, 0.5) is 0 Å². The van der Waals surface area contributed by atoms with Crippen LogP contribution in [0.3, 0.4) is 0 Å². The molecule has 0 radical (unpaired) electrons. The molecule has 3 rings (SSSR count). The SMILES string of the molecule is CC(=O)N(CCC(=O)N1CCN(C(=O)c2ccco2)CC1)Cc1cccnc1. The number of amides is 3. The highest BCUT2D eigenvalue weighted by Crippen LogP contribution is 2.11. The Bertz CT molecular complexity index is 799. The largest absolute Gasteiger partial charge is 0.459 e. The molecule has 1 saturated heterocycles. The quantitative estimate of drug-likeness (QED) is 0.751. The van der Waals surface area contributed by atoms with Gasteiger partial charge in [0.05, 0.1) is 6.26 Å². The van der Waals surface area contributed by atoms with E-state index in [-0.39, 0.29) is 24.1 Å². The van der Waals surface area contributed by atoms with E-state index >= 15 is 0 Å². The highest BCUT2D eigenvalue weighted by Gasteiger charge is 2.26. The third-order valence-electron chi connectivity index (χ3n) is 4.79. The first-order valence-corrected chi connectivity index (χ1v) is 9.29. The zero-order chi connectivity index (χ0) is 19.9. The van der Waals surface area contributed by atoms with E-state index in [0.717, 1.165) is 5.56 Å². The third kappa shape index (κ3) is 4.97. The maximum absolute atomic E-state index is 12.5. The van der Waals surface area contributed by atoms with Crippen molar-refractivity contribution in [1.82, 2.24) is 19.7 Å². The maximum Gasteiger partial charge on any atom is 0.289 e. The summed E-state index contributed by atoms with van der Waals surface area (Å²) in [5.41, 5.74) is 0.926. The Morgan fingerprint density at radius 1 is 1.11 bits per heavy atom. The molecule has 0 saturated carbocycles. The van der Waals surface area contributed by atoms with Gasteiger partial charge in [0, 0.05) is 65.0 Å². The molecule has 8 heteroatoms. The van der Waals surface area contributed by atoms with Crippen molar-refractivity contribution in [3.63, 3.8) is 0 Å². The smallest absolute Gasteiger partial charge is 0.289 e. The first-order chi connectivity index (χ1) is 13.5. The van der Waals surface area contributed by atoms with E-state index in [0.29, 0.717) is 45.0 Å². The zero-order valence-electron chi connectivity index (χ0n) is 15.9. The van der Waals surface area contributed by atoms with E-state index in [9.17, 15) is 14.4 Å². The molecule has 0 bridgehead atoms. The molecule has 148 valence electrons. The summed E-state index contributed by atoms with van der Waals surface area (Å²) in [6, 6.07) is 7.04. The van der Waals surface area contributed by atoms with E-state index in [4.69, 9.17) is 4.42 Å². The minimum Gasteiger partial charge on any atom is -0.459 e. The number of piperazine rings is 1. The molecule has 2 aromatic rings. The molecule has 3 heterocycles. The molecule has 0 aliphatic carbocycles. The number of rotatable bonds is 6. The van der Waals surface area contributed by atoms with E-state index < -0.39 is 0 Å². The van der Waals surface area contributed by atoms with Gasteiger partial charge in [0.1, 0.15) is 0 Å². The summed E-state index contributed by atoms with van der Waals surface area (Å²) < 4.78 is 5.15. The van der Waals surface area contributed by atoms with Gasteiger partial charge >= 0.3 is 0 Å². The lowest BCUT2D eigenvalue weighted by Crippen LogP contribution is -2.51. The van der Waals surface area contributed by atoms with Crippen LogP contribution in [0.5, 0.6) is 0 Å². The standard InChI is InChI=1S/C20H24N4O4/c1-16(25)24(15-17-4-2-7-21-14-17)8-6-19(26)22-9-11-23(12-10-22)20(27)18-5-3-13-28-18/h2-5,7,13-14H,6,8-12,15H2,1H3. The fourth-order valence-electron chi connectivity index (χ4n) is 3.16. The lowest BCUT2D eigenvalue weighted by molar-refractivity contribution is -0.134. The number of furan rings is 1. The van der Waals surface area contributed by atoms with Crippen LogP contribution in [0.1, 0.15) is 29.5 Å². The first-order valence-electron chi connectivity index (χ1n) is 9.29. The molecule has 0 N–H and O–H groups in total. The van der Waals surface area contributed by atoms with Crippen molar-refractivity contribution >= 4 is 17.7 Å². The van der Waals surface area contributed by atoms with Crippen LogP contribution in [-0.4, -0.2) is 70.1 Å². The highest BCUT2D eigenvalue weighted by atomic mass is 16.3. The van der Waals surface area contributed by atoms with Crippen LogP contribution in [-0.2, 0) is 16.1 Å². The van der Waals surface area contributed by atoms with E-state index in [1.807, 2.05) is 12.1 Å². The molecule has 1 aliphatic rings. The fraction of sp³-hybridized carbons (Fsp3) is 0.400. The predicted molar refractivity (Wildman–Crippen MR) is 101 cm³/mol. The summed E-state index contributed by atoms with van der Waals surface area (Å²) in [6.45, 7) is 4.19. The summed E-state index contributed by atoms with van der Waals surface area (Å²) in [5, 5.41) is 0. The third-order valence-corrected chi connectivity index (χ3v) is 4.79. The van der Waals surface area contributed by atoms with Gasteiger partial charge in [-0.05, 0) is 23.8 Å². The lowest BCUT2D eigenvalue weighted by atomic mass is 10.2. The Labute approximate surface area is 163 Å². The summed E-state index contributed by atoms with van der Waals surface area (Å²) in [7, 11) is 0. The van der Waals surface area contributed by atoms with E-state index in [2.05, 4.69) is 4.98 Å². The highest BCUT2D eigenvalue weighted by molar-refractivity contribution is 5.91. The van der Waals surface area contributed by atoms with Gasteiger partial charge in [0.15, 0.2) is 5.76 Å². The summed E-state index contributed by atoms with van der Waals surface area (Å²) in [5.74, 6) is 0.0663. The zero-order valence-corrected chi connectivity index (χ0v) is 15.9. The average molecular weight is 384 g/mol. The minimum absolute atomic E-state index is 0.0115. The Balaban J connectivity index is 1.47. The monoisotopic (exact) mass is 384 g/mol. The van der Waals surface area contributed by atoms with Gasteiger partial charge < -0.3 is 19.1 Å². The molecule has 2 aromatic heterocycles. The lowest BCUT2D eigenvalue weighted by Gasteiger charge is -2.34. The second-order valence-electron chi connectivity index (χ2n) is 6.70. The van der Waals surface area contributed by atoms with E-state index in [1.54, 1.807) is 39.2 Å². The van der Waals surface area contributed by atoms with Crippen molar-refractivity contribution in [2.75, 3.05) is 32.7 Å². The Hall–Kier alpha value is -3.16. The number of nitrogens with zero attached hydrogens (tertiary/aromatic N) is 4. The van der Waals surface area contributed by atoms with Gasteiger partial charge in [0.25, 0.3) is 5.91 Å². The molecule has 0 spiro atoms. The number of hydrogen-bond acceptors (Lipinski definition) is 5. The minimum atomic E-state index is -0.156. The van der Waals surface area contributed by atoms with Crippen LogP contribution >= 0.6 is 0 Å². The number of pyridine rings is 1. The molecule has 8 nitrogen and oxygen atoms in total. The molecule has 28 heavy (non-hydrogen) atoms. The Kier molecular flexibility index (Phi) is 6.41. The number of hydrogen-bond donors (Lipinski definition) is 0. The van der Waals surface area contributed by atoms with Gasteiger partial charge in [-0.1, -0.05) is 6.07 Å². The molecule has 0 unspecified atom stereocenters. The summed E-state index contributed by atoms with van der Waals surface area (Å²) in [6.07, 6.45) is 5.12. The number of carbonyl (C=O) groups excluding carboxylic acids is 3. The van der Waals surface area contributed by atoms with Crippen molar-refractivity contribution < 1.29 is 18.8 Å². The topological polar surface area (TPSA) is 87.0 Å². The fourth-order valence-corrected chi connectivity index (χ4v) is 3.16. The van der Waals surface area contributed by atoms with Crippen LogP contribution < -0.4 is 0 Å². The maximum atomic E-state index is 12.5. The van der Waals surface area contributed by atoms with Crippen LogP contribution in [0.25, 0.3) is 0 Å². The summed E-state index contributed by atoms with van der Waals surface area (Å²) >= 11 is 0. The van der Waals surface area contributed by atoms with Crippen molar-refractivity contribution in [2.45, 2.75) is 19.9 Å². The number of aromatic nitrogens is 1. The van der Waals surface area contributed by atoms with E-state index in [1.165, 1.54) is 13.2 Å². The van der Waals surface area contributed by atoms with Crippen LogP contribution in [0.15, 0.2) is 47.3 Å². The molecular weight excluding hydrogens is 360 g/mol. The summed E-state index contributed by atoms with van der Waals surface area (Å²) in [4.78, 5) is 45.8. The van der Waals surface area contributed by atoms with Crippen molar-refractivity contribution in [1.29, 1.82) is 0 Å². The predicted octanol–water partition coefficient (Wildman–Crippen LogP) is 1.40. The second kappa shape index (κ2) is 9.16. The normalized spacial score (nSPS) is 14.0. The molecule has 1 fully saturated rings. The van der Waals surface area contributed by atoms with Crippen molar-refractivity contribution in [2.24, 2.45) is 0 Å². The molecule has 0 aromatic carbocycles. The van der Waals surface area contributed by atoms with Gasteiger partial charge in [-0.2, -0.15) is 0 Å². The molecule has 0 atom stereocenters.